The van der Waals surface area contributed by atoms with Crippen molar-refractivity contribution in [3.05, 3.63) is 98.9 Å². The van der Waals surface area contributed by atoms with Gasteiger partial charge in [-0.3, -0.25) is 14.5 Å². The molecule has 1 aliphatic rings. The van der Waals surface area contributed by atoms with E-state index in [0.29, 0.717) is 41.2 Å². The summed E-state index contributed by atoms with van der Waals surface area (Å²) in [6, 6.07) is 18.1. The topological polar surface area (TPSA) is 69.0 Å². The lowest BCUT2D eigenvalue weighted by Crippen LogP contribution is -2.29. The molecule has 4 aromatic rings. The van der Waals surface area contributed by atoms with Crippen LogP contribution in [0.5, 0.6) is 11.5 Å². The number of unbranched alkanes of at least 4 members (excludes halogenated alkanes) is 3. The summed E-state index contributed by atoms with van der Waals surface area (Å²) < 4.78 is 17.7. The molecule has 1 aromatic heterocycles. The molecule has 0 saturated heterocycles. The number of rotatable bonds is 10. The zero-order valence-electron chi connectivity index (χ0n) is 23.1. The normalized spacial score (nSPS) is 14.6. The molecule has 0 aliphatic carbocycles. The van der Waals surface area contributed by atoms with Gasteiger partial charge in [0.15, 0.2) is 5.43 Å². The summed E-state index contributed by atoms with van der Waals surface area (Å²) >= 11 is 0. The third-order valence-corrected chi connectivity index (χ3v) is 7.37. The van der Waals surface area contributed by atoms with Crippen LogP contribution in [0.25, 0.3) is 11.0 Å². The van der Waals surface area contributed by atoms with Gasteiger partial charge >= 0.3 is 0 Å². The van der Waals surface area contributed by atoms with E-state index in [1.165, 1.54) is 12.8 Å². The van der Waals surface area contributed by atoms with E-state index in [9.17, 15) is 9.59 Å². The first kappa shape index (κ1) is 26.5. The standard InChI is InChI=1S/C33H35NO5/c1-5-7-8-9-18-38-26-14-10-23(11-15-26)30-29-31(35)27-19-21(3)22(4)20-28(27)39-32(29)33(36)34(30)24-12-16-25(17-13-24)37-6-2/h10-17,19-20,30H,5-9,18H2,1-4H3. The van der Waals surface area contributed by atoms with Gasteiger partial charge in [0, 0.05) is 5.69 Å². The number of ether oxygens (including phenoxy) is 2. The summed E-state index contributed by atoms with van der Waals surface area (Å²) in [7, 11) is 0. The first-order valence-corrected chi connectivity index (χ1v) is 13.8. The van der Waals surface area contributed by atoms with E-state index in [2.05, 4.69) is 6.92 Å². The third-order valence-electron chi connectivity index (χ3n) is 7.37. The number of aryl methyl sites for hydroxylation is 2. The number of carbonyl (C=O) groups is 1. The highest BCUT2D eigenvalue weighted by atomic mass is 16.5. The van der Waals surface area contributed by atoms with Gasteiger partial charge in [-0.15, -0.1) is 0 Å². The molecule has 6 heteroatoms. The number of hydrogen-bond acceptors (Lipinski definition) is 5. The van der Waals surface area contributed by atoms with Crippen molar-refractivity contribution in [1.82, 2.24) is 0 Å². The second-order valence-corrected chi connectivity index (χ2v) is 10.1. The van der Waals surface area contributed by atoms with Gasteiger partial charge in [0.05, 0.1) is 30.2 Å². The van der Waals surface area contributed by atoms with Crippen LogP contribution in [-0.2, 0) is 0 Å². The van der Waals surface area contributed by atoms with Gasteiger partial charge in [-0.1, -0.05) is 38.3 Å². The Morgan fingerprint density at radius 3 is 2.18 bits per heavy atom. The summed E-state index contributed by atoms with van der Waals surface area (Å²) in [6.07, 6.45) is 4.55. The highest BCUT2D eigenvalue weighted by Gasteiger charge is 2.43. The van der Waals surface area contributed by atoms with Crippen LogP contribution < -0.4 is 19.8 Å². The average Bonchev–Trinajstić information content (AvgIpc) is 3.23. The Morgan fingerprint density at radius 2 is 1.49 bits per heavy atom. The number of benzene rings is 3. The third kappa shape index (κ3) is 5.16. The molecule has 1 amide bonds. The molecule has 0 saturated carbocycles. The molecule has 3 aromatic carbocycles. The Balaban J connectivity index is 1.57. The smallest absolute Gasteiger partial charge is 0.295 e. The SMILES string of the molecule is CCCCCCOc1ccc(C2c3c(oc4cc(C)c(C)cc4c3=O)C(=O)N2c2ccc(OCC)cc2)cc1. The molecule has 1 unspecified atom stereocenters. The lowest BCUT2D eigenvalue weighted by molar-refractivity contribution is 0.0971. The number of amides is 1. The number of carbonyl (C=O) groups excluding carboxylic acids is 1. The molecular weight excluding hydrogens is 490 g/mol. The van der Waals surface area contributed by atoms with E-state index >= 15 is 0 Å². The first-order valence-electron chi connectivity index (χ1n) is 13.8. The van der Waals surface area contributed by atoms with Gasteiger partial charge in [0.25, 0.3) is 5.91 Å². The molecule has 1 atom stereocenters. The fourth-order valence-electron chi connectivity index (χ4n) is 5.14. The average molecular weight is 526 g/mol. The molecule has 1 aliphatic heterocycles. The number of nitrogens with zero attached hydrogens (tertiary/aromatic N) is 1. The van der Waals surface area contributed by atoms with E-state index in [-0.39, 0.29) is 17.1 Å². The number of anilines is 1. The van der Waals surface area contributed by atoms with Crippen LogP contribution >= 0.6 is 0 Å². The molecule has 2 heterocycles. The lowest BCUT2D eigenvalue weighted by atomic mass is 9.97. The molecule has 0 bridgehead atoms. The zero-order chi connectivity index (χ0) is 27.5. The molecule has 0 spiro atoms. The van der Waals surface area contributed by atoms with Crippen LogP contribution in [0.4, 0.5) is 5.69 Å². The maximum absolute atomic E-state index is 13.9. The van der Waals surface area contributed by atoms with Crippen LogP contribution in [-0.4, -0.2) is 19.1 Å². The highest BCUT2D eigenvalue weighted by Crippen LogP contribution is 2.42. The molecule has 0 radical (unpaired) electrons. The summed E-state index contributed by atoms with van der Waals surface area (Å²) in [5.74, 6) is 1.23. The molecular formula is C33H35NO5. The number of hydrogen-bond donors (Lipinski definition) is 0. The predicted octanol–water partition coefficient (Wildman–Crippen LogP) is 7.52. The Morgan fingerprint density at radius 1 is 0.821 bits per heavy atom. The molecule has 0 N–H and O–H groups in total. The number of fused-ring (bicyclic) bond motifs is 2. The molecule has 6 nitrogen and oxygen atoms in total. The van der Waals surface area contributed by atoms with Crippen molar-refractivity contribution < 1.29 is 18.7 Å². The second-order valence-electron chi connectivity index (χ2n) is 10.1. The van der Waals surface area contributed by atoms with Crippen LogP contribution in [0, 0.1) is 13.8 Å². The summed E-state index contributed by atoms with van der Waals surface area (Å²) in [4.78, 5) is 29.5. The van der Waals surface area contributed by atoms with Crippen molar-refractivity contribution in [3.8, 4) is 11.5 Å². The van der Waals surface area contributed by atoms with Gasteiger partial charge in [0.2, 0.25) is 5.76 Å². The van der Waals surface area contributed by atoms with Crippen LogP contribution in [0.2, 0.25) is 0 Å². The molecule has 202 valence electrons. The Kier molecular flexibility index (Phi) is 7.73. The summed E-state index contributed by atoms with van der Waals surface area (Å²) in [6.45, 7) is 9.26. The fraction of sp³-hybridized carbons (Fsp3) is 0.333. The van der Waals surface area contributed by atoms with Crippen molar-refractivity contribution in [3.63, 3.8) is 0 Å². The minimum atomic E-state index is -0.633. The summed E-state index contributed by atoms with van der Waals surface area (Å²) in [5.41, 5.74) is 4.07. The van der Waals surface area contributed by atoms with Gasteiger partial charge < -0.3 is 13.9 Å². The zero-order valence-corrected chi connectivity index (χ0v) is 23.1. The van der Waals surface area contributed by atoms with E-state index in [1.807, 2.05) is 81.4 Å². The van der Waals surface area contributed by atoms with Crippen LogP contribution in [0.15, 0.2) is 69.9 Å². The second kappa shape index (κ2) is 11.4. The lowest BCUT2D eigenvalue weighted by Gasteiger charge is -2.25. The fourth-order valence-corrected chi connectivity index (χ4v) is 5.14. The van der Waals surface area contributed by atoms with Crippen molar-refractivity contribution in [2.24, 2.45) is 0 Å². The van der Waals surface area contributed by atoms with Crippen molar-refractivity contribution >= 4 is 22.6 Å². The molecule has 0 fully saturated rings. The molecule has 5 rings (SSSR count). The van der Waals surface area contributed by atoms with E-state index in [1.54, 1.807) is 4.90 Å². The highest BCUT2D eigenvalue weighted by molar-refractivity contribution is 6.10. The van der Waals surface area contributed by atoms with E-state index in [4.69, 9.17) is 13.9 Å². The maximum Gasteiger partial charge on any atom is 0.295 e. The Hall–Kier alpha value is -4.06. The van der Waals surface area contributed by atoms with Crippen molar-refractivity contribution in [2.75, 3.05) is 18.1 Å². The van der Waals surface area contributed by atoms with Gasteiger partial charge in [0.1, 0.15) is 17.1 Å². The Bertz CT molecular complexity index is 1540. The first-order chi connectivity index (χ1) is 18.9. The Labute approximate surface area is 229 Å². The minimum absolute atomic E-state index is 0.0888. The van der Waals surface area contributed by atoms with Crippen molar-refractivity contribution in [1.29, 1.82) is 0 Å². The van der Waals surface area contributed by atoms with Gasteiger partial charge in [-0.05, 0) is 92.4 Å². The van der Waals surface area contributed by atoms with Crippen LogP contribution in [0.1, 0.15) is 78.4 Å². The molecule has 39 heavy (non-hydrogen) atoms. The monoisotopic (exact) mass is 525 g/mol. The van der Waals surface area contributed by atoms with Gasteiger partial charge in [-0.25, -0.2) is 0 Å². The maximum atomic E-state index is 13.9. The predicted molar refractivity (Wildman–Crippen MR) is 154 cm³/mol. The minimum Gasteiger partial charge on any atom is -0.494 e. The van der Waals surface area contributed by atoms with Gasteiger partial charge in [-0.2, -0.15) is 0 Å². The summed E-state index contributed by atoms with van der Waals surface area (Å²) in [5, 5.41) is 0.482. The van der Waals surface area contributed by atoms with E-state index < -0.39 is 6.04 Å². The quantitative estimate of drug-likeness (QED) is 0.200. The van der Waals surface area contributed by atoms with Crippen LogP contribution in [0.3, 0.4) is 0 Å². The van der Waals surface area contributed by atoms with Crippen molar-refractivity contribution in [2.45, 2.75) is 59.4 Å². The van der Waals surface area contributed by atoms with E-state index in [0.717, 1.165) is 35.3 Å². The largest absolute Gasteiger partial charge is 0.494 e.